The second kappa shape index (κ2) is 4.49. The predicted octanol–water partition coefficient (Wildman–Crippen LogP) is 0.249. The van der Waals surface area contributed by atoms with Gasteiger partial charge < -0.3 is 10.2 Å². The Morgan fingerprint density at radius 1 is 1.40 bits per heavy atom. The minimum absolute atomic E-state index is 0.282. The molecule has 0 aromatic rings. The number of amides is 1. The van der Waals surface area contributed by atoms with Crippen LogP contribution in [0, 0.1) is 0 Å². The maximum Gasteiger partial charge on any atom is 0.237 e. The van der Waals surface area contributed by atoms with Gasteiger partial charge >= 0.3 is 0 Å². The number of nitrogens with one attached hydrogen (secondary N) is 1. The highest BCUT2D eigenvalue weighted by atomic mass is 16.2. The molecule has 2 heterocycles. The maximum absolute atomic E-state index is 11.9. The zero-order valence-electron chi connectivity index (χ0n) is 9.70. The van der Waals surface area contributed by atoms with Gasteiger partial charge in [-0.1, -0.05) is 0 Å². The maximum atomic E-state index is 11.9. The van der Waals surface area contributed by atoms with E-state index in [0.717, 1.165) is 19.6 Å². The zero-order chi connectivity index (χ0) is 10.8. The first-order valence-electron chi connectivity index (χ1n) is 5.95. The smallest absolute Gasteiger partial charge is 0.237 e. The first-order chi connectivity index (χ1) is 7.18. The monoisotopic (exact) mass is 211 g/mol. The van der Waals surface area contributed by atoms with Crippen LogP contribution in [0.4, 0.5) is 0 Å². The van der Waals surface area contributed by atoms with Crippen LogP contribution in [0.3, 0.4) is 0 Å². The molecule has 0 radical (unpaired) electrons. The normalized spacial score (nSPS) is 29.1. The van der Waals surface area contributed by atoms with E-state index in [1.54, 1.807) is 0 Å². The number of carbonyl (C=O) groups excluding carboxylic acids is 1. The number of carbonyl (C=O) groups is 1. The van der Waals surface area contributed by atoms with Gasteiger partial charge in [0.05, 0.1) is 12.7 Å². The minimum Gasteiger partial charge on any atom is -0.338 e. The summed E-state index contributed by atoms with van der Waals surface area (Å²) in [6.07, 6.45) is 2.88. The molecule has 1 amide bonds. The lowest BCUT2D eigenvalue weighted by atomic mass is 10.2. The van der Waals surface area contributed by atoms with Gasteiger partial charge in [0.25, 0.3) is 0 Å². The Morgan fingerprint density at radius 3 is 2.73 bits per heavy atom. The molecule has 15 heavy (non-hydrogen) atoms. The largest absolute Gasteiger partial charge is 0.338 e. The fourth-order valence-corrected chi connectivity index (χ4v) is 2.49. The highest BCUT2D eigenvalue weighted by Gasteiger charge is 2.30. The number of piperazine rings is 1. The van der Waals surface area contributed by atoms with Gasteiger partial charge in [-0.15, -0.1) is 0 Å². The Kier molecular flexibility index (Phi) is 3.26. The SMILES string of the molecule is CC(C)N1CCN(C2CCCN2)CC1=O. The molecule has 1 atom stereocenters. The van der Waals surface area contributed by atoms with Crippen LogP contribution in [0.15, 0.2) is 0 Å². The fourth-order valence-electron chi connectivity index (χ4n) is 2.49. The van der Waals surface area contributed by atoms with Gasteiger partial charge in [0, 0.05) is 19.1 Å². The van der Waals surface area contributed by atoms with Crippen molar-refractivity contribution in [3.8, 4) is 0 Å². The van der Waals surface area contributed by atoms with E-state index in [4.69, 9.17) is 0 Å². The quantitative estimate of drug-likeness (QED) is 0.711. The van der Waals surface area contributed by atoms with Crippen molar-refractivity contribution in [2.24, 2.45) is 0 Å². The molecule has 2 saturated heterocycles. The minimum atomic E-state index is 0.282. The van der Waals surface area contributed by atoms with Crippen LogP contribution < -0.4 is 5.32 Å². The van der Waals surface area contributed by atoms with Gasteiger partial charge in [-0.05, 0) is 33.2 Å². The van der Waals surface area contributed by atoms with E-state index in [2.05, 4.69) is 24.1 Å². The summed E-state index contributed by atoms with van der Waals surface area (Å²) in [5.41, 5.74) is 0. The average Bonchev–Trinajstić information content (AvgIpc) is 2.69. The zero-order valence-corrected chi connectivity index (χ0v) is 9.70. The van der Waals surface area contributed by atoms with Gasteiger partial charge in [0.1, 0.15) is 0 Å². The molecule has 0 aromatic carbocycles. The molecule has 2 fully saturated rings. The molecule has 2 aliphatic rings. The van der Waals surface area contributed by atoms with E-state index in [9.17, 15) is 4.79 Å². The van der Waals surface area contributed by atoms with Crippen LogP contribution in [0.25, 0.3) is 0 Å². The van der Waals surface area contributed by atoms with Gasteiger partial charge in [-0.25, -0.2) is 0 Å². The number of hydrogen-bond donors (Lipinski definition) is 1. The molecule has 0 saturated carbocycles. The van der Waals surface area contributed by atoms with E-state index in [-0.39, 0.29) is 5.91 Å². The van der Waals surface area contributed by atoms with Crippen molar-refractivity contribution >= 4 is 5.91 Å². The van der Waals surface area contributed by atoms with E-state index in [1.807, 2.05) is 4.90 Å². The lowest BCUT2D eigenvalue weighted by Crippen LogP contribution is -2.57. The van der Waals surface area contributed by atoms with Crippen LogP contribution in [0.1, 0.15) is 26.7 Å². The van der Waals surface area contributed by atoms with E-state index in [1.165, 1.54) is 12.8 Å². The Balaban J connectivity index is 1.90. The molecule has 2 rings (SSSR count). The summed E-state index contributed by atoms with van der Waals surface area (Å²) >= 11 is 0. The first kappa shape index (κ1) is 10.9. The van der Waals surface area contributed by atoms with Crippen molar-refractivity contribution in [1.29, 1.82) is 0 Å². The Labute approximate surface area is 91.6 Å². The Morgan fingerprint density at radius 2 is 2.20 bits per heavy atom. The number of rotatable bonds is 2. The average molecular weight is 211 g/mol. The van der Waals surface area contributed by atoms with Gasteiger partial charge in [0.2, 0.25) is 5.91 Å². The van der Waals surface area contributed by atoms with Crippen molar-refractivity contribution in [1.82, 2.24) is 15.1 Å². The van der Waals surface area contributed by atoms with Crippen molar-refractivity contribution < 1.29 is 4.79 Å². The third kappa shape index (κ3) is 2.32. The summed E-state index contributed by atoms with van der Waals surface area (Å²) < 4.78 is 0. The van der Waals surface area contributed by atoms with Crippen molar-refractivity contribution in [2.75, 3.05) is 26.2 Å². The Bertz CT molecular complexity index is 236. The van der Waals surface area contributed by atoms with Crippen molar-refractivity contribution in [3.63, 3.8) is 0 Å². The third-order valence-electron chi connectivity index (χ3n) is 3.39. The highest BCUT2D eigenvalue weighted by Crippen LogP contribution is 2.14. The highest BCUT2D eigenvalue weighted by molar-refractivity contribution is 5.79. The van der Waals surface area contributed by atoms with Gasteiger partial charge in [-0.2, -0.15) is 0 Å². The lowest BCUT2D eigenvalue weighted by Gasteiger charge is -2.39. The summed E-state index contributed by atoms with van der Waals surface area (Å²) in [5.74, 6) is 0.282. The van der Waals surface area contributed by atoms with Crippen molar-refractivity contribution in [2.45, 2.75) is 38.9 Å². The Hall–Kier alpha value is -0.610. The standard InChI is InChI=1S/C11H21N3O/c1-9(2)14-7-6-13(8-11(14)15)10-4-3-5-12-10/h9-10,12H,3-8H2,1-2H3. The molecule has 4 heteroatoms. The predicted molar refractivity (Wildman–Crippen MR) is 59.4 cm³/mol. The number of nitrogens with zero attached hydrogens (tertiary/aromatic N) is 2. The first-order valence-corrected chi connectivity index (χ1v) is 5.95. The molecule has 0 spiro atoms. The topological polar surface area (TPSA) is 35.6 Å². The second-order valence-corrected chi connectivity index (χ2v) is 4.76. The van der Waals surface area contributed by atoms with Crippen LogP contribution >= 0.6 is 0 Å². The summed E-state index contributed by atoms with van der Waals surface area (Å²) in [4.78, 5) is 16.1. The molecule has 1 unspecified atom stereocenters. The second-order valence-electron chi connectivity index (χ2n) is 4.76. The molecule has 4 nitrogen and oxygen atoms in total. The summed E-state index contributed by atoms with van der Waals surface area (Å²) in [5, 5.41) is 3.45. The molecule has 2 aliphatic heterocycles. The summed E-state index contributed by atoms with van der Waals surface area (Å²) in [6, 6.07) is 0.344. The lowest BCUT2D eigenvalue weighted by molar-refractivity contribution is -0.139. The van der Waals surface area contributed by atoms with Gasteiger partial charge in [-0.3, -0.25) is 9.69 Å². The van der Waals surface area contributed by atoms with Gasteiger partial charge in [0.15, 0.2) is 0 Å². The molecular formula is C11H21N3O. The molecule has 1 N–H and O–H groups in total. The third-order valence-corrected chi connectivity index (χ3v) is 3.39. The summed E-state index contributed by atoms with van der Waals surface area (Å²) in [7, 11) is 0. The fraction of sp³-hybridized carbons (Fsp3) is 0.909. The van der Waals surface area contributed by atoms with Crippen LogP contribution in [-0.4, -0.2) is 54.1 Å². The van der Waals surface area contributed by atoms with E-state index < -0.39 is 0 Å². The van der Waals surface area contributed by atoms with Crippen LogP contribution in [-0.2, 0) is 4.79 Å². The molecule has 86 valence electrons. The summed E-state index contributed by atoms with van der Waals surface area (Å²) in [6.45, 7) is 7.76. The van der Waals surface area contributed by atoms with Crippen molar-refractivity contribution in [3.05, 3.63) is 0 Å². The molecule has 0 aromatic heterocycles. The van der Waals surface area contributed by atoms with E-state index in [0.29, 0.717) is 18.8 Å². The van der Waals surface area contributed by atoms with Crippen LogP contribution in [0.5, 0.6) is 0 Å². The van der Waals surface area contributed by atoms with E-state index >= 15 is 0 Å². The van der Waals surface area contributed by atoms with Crippen LogP contribution in [0.2, 0.25) is 0 Å². The molecule has 0 bridgehead atoms. The molecule has 0 aliphatic carbocycles. The molecular weight excluding hydrogens is 190 g/mol. The number of hydrogen-bond acceptors (Lipinski definition) is 3.